The summed E-state index contributed by atoms with van der Waals surface area (Å²) in [7, 11) is 0. The van der Waals surface area contributed by atoms with Gasteiger partial charge in [-0.05, 0) is 48.0 Å². The van der Waals surface area contributed by atoms with Crippen LogP contribution in [0.2, 0.25) is 10.0 Å². The third kappa shape index (κ3) is 6.58. The van der Waals surface area contributed by atoms with E-state index in [4.69, 9.17) is 23.2 Å². The number of benzene rings is 3. The molecule has 4 rings (SSSR count). The van der Waals surface area contributed by atoms with Crippen LogP contribution in [-0.2, 0) is 9.59 Å². The first-order valence-corrected chi connectivity index (χ1v) is 12.3. The quantitative estimate of drug-likeness (QED) is 0.206. The summed E-state index contributed by atoms with van der Waals surface area (Å²) in [4.78, 5) is 29.0. The molecule has 0 aliphatic rings. The second-order valence-corrected chi connectivity index (χ2v) is 9.93. The summed E-state index contributed by atoms with van der Waals surface area (Å²) in [6.45, 7) is 0. The summed E-state index contributed by atoms with van der Waals surface area (Å²) >= 11 is 14.7. The molecular formula is C24H17Cl2N3O2S2. The van der Waals surface area contributed by atoms with Gasteiger partial charge in [0.05, 0.1) is 26.0 Å². The molecule has 0 fully saturated rings. The zero-order valence-electron chi connectivity index (χ0n) is 17.0. The van der Waals surface area contributed by atoms with E-state index in [9.17, 15) is 9.59 Å². The number of thiazole rings is 1. The number of rotatable bonds is 7. The Hall–Kier alpha value is -2.84. The lowest BCUT2D eigenvalue weighted by atomic mass is 10.2. The topological polar surface area (TPSA) is 71.1 Å². The molecule has 0 spiro atoms. The van der Waals surface area contributed by atoms with Gasteiger partial charge in [-0.3, -0.25) is 9.59 Å². The minimum atomic E-state index is -0.212. The highest BCUT2D eigenvalue weighted by Crippen LogP contribution is 2.31. The van der Waals surface area contributed by atoms with Gasteiger partial charge < -0.3 is 10.6 Å². The van der Waals surface area contributed by atoms with Crippen LogP contribution in [0.25, 0.3) is 16.3 Å². The fraction of sp³-hybridized carbons (Fsp3) is 0.0417. The number of nitrogens with one attached hydrogen (secondary N) is 2. The molecule has 33 heavy (non-hydrogen) atoms. The summed E-state index contributed by atoms with van der Waals surface area (Å²) < 4.78 is 1.69. The number of amides is 2. The second-order valence-electron chi connectivity index (χ2n) is 6.86. The summed E-state index contributed by atoms with van der Waals surface area (Å²) in [5, 5.41) is 6.46. The van der Waals surface area contributed by atoms with Crippen LogP contribution in [0.15, 0.2) is 77.1 Å². The summed E-state index contributed by atoms with van der Waals surface area (Å²) in [5.74, 6) is -0.180. The average Bonchev–Trinajstić information content (AvgIpc) is 3.22. The molecule has 0 aliphatic carbocycles. The van der Waals surface area contributed by atoms with E-state index in [1.165, 1.54) is 29.2 Å². The highest BCUT2D eigenvalue weighted by Gasteiger charge is 2.10. The van der Waals surface area contributed by atoms with Crippen LogP contribution in [0, 0.1) is 0 Å². The largest absolute Gasteiger partial charge is 0.325 e. The van der Waals surface area contributed by atoms with Gasteiger partial charge in [0.15, 0.2) is 4.34 Å². The molecular weight excluding hydrogens is 497 g/mol. The van der Waals surface area contributed by atoms with Gasteiger partial charge >= 0.3 is 0 Å². The molecule has 0 radical (unpaired) electrons. The van der Waals surface area contributed by atoms with Crippen molar-refractivity contribution in [2.24, 2.45) is 0 Å². The Morgan fingerprint density at radius 2 is 1.70 bits per heavy atom. The number of thioether (sulfide) groups is 1. The second kappa shape index (κ2) is 10.9. The molecule has 0 bridgehead atoms. The van der Waals surface area contributed by atoms with Gasteiger partial charge in [0, 0.05) is 17.5 Å². The lowest BCUT2D eigenvalue weighted by Crippen LogP contribution is -2.13. The van der Waals surface area contributed by atoms with Gasteiger partial charge in [-0.25, -0.2) is 4.98 Å². The van der Waals surface area contributed by atoms with Crippen molar-refractivity contribution in [3.8, 4) is 0 Å². The lowest BCUT2D eigenvalue weighted by molar-refractivity contribution is -0.114. The van der Waals surface area contributed by atoms with Crippen LogP contribution in [-0.4, -0.2) is 22.6 Å². The van der Waals surface area contributed by atoms with Crippen LogP contribution < -0.4 is 10.6 Å². The zero-order valence-corrected chi connectivity index (χ0v) is 20.2. The normalized spacial score (nSPS) is 11.1. The Kier molecular flexibility index (Phi) is 7.67. The minimum absolute atomic E-state index is 0.171. The van der Waals surface area contributed by atoms with Crippen LogP contribution in [0.3, 0.4) is 0 Å². The minimum Gasteiger partial charge on any atom is -0.325 e. The first-order chi connectivity index (χ1) is 16.0. The number of halogens is 2. The fourth-order valence-corrected chi connectivity index (χ4v) is 5.07. The summed E-state index contributed by atoms with van der Waals surface area (Å²) in [6, 6.07) is 20.1. The molecule has 0 atom stereocenters. The van der Waals surface area contributed by atoms with Gasteiger partial charge in [0.2, 0.25) is 11.8 Å². The van der Waals surface area contributed by atoms with Crippen molar-refractivity contribution in [2.75, 3.05) is 16.4 Å². The maximum absolute atomic E-state index is 12.3. The maximum atomic E-state index is 12.3. The Balaban J connectivity index is 1.34. The molecule has 9 heteroatoms. The fourth-order valence-electron chi connectivity index (χ4n) is 2.86. The maximum Gasteiger partial charge on any atom is 0.248 e. The van der Waals surface area contributed by atoms with Crippen molar-refractivity contribution in [2.45, 2.75) is 4.34 Å². The summed E-state index contributed by atoms with van der Waals surface area (Å²) in [6.07, 6.45) is 3.26. The first kappa shape index (κ1) is 23.3. The van der Waals surface area contributed by atoms with Gasteiger partial charge in [-0.15, -0.1) is 11.3 Å². The Morgan fingerprint density at radius 3 is 2.48 bits per heavy atom. The van der Waals surface area contributed by atoms with Crippen LogP contribution in [0.1, 0.15) is 5.56 Å². The lowest BCUT2D eigenvalue weighted by Gasteiger charge is -2.05. The molecule has 0 unspecified atom stereocenters. The molecule has 1 aromatic heterocycles. The molecule has 166 valence electrons. The third-order valence-corrected chi connectivity index (χ3v) is 7.29. The van der Waals surface area contributed by atoms with E-state index in [-0.39, 0.29) is 17.6 Å². The van der Waals surface area contributed by atoms with Gasteiger partial charge in [0.25, 0.3) is 0 Å². The third-order valence-electron chi connectivity index (χ3n) is 4.39. The zero-order chi connectivity index (χ0) is 23.2. The number of carbonyl (C=O) groups excluding carboxylic acids is 2. The van der Waals surface area contributed by atoms with E-state index in [0.717, 1.165) is 20.1 Å². The monoisotopic (exact) mass is 513 g/mol. The molecule has 0 saturated heterocycles. The standard InChI is InChI=1S/C24H17Cl2N3O2S2/c25-18-9-7-16(12-19(18)26)28-23(31)14-32-24-29-20-10-8-17(13-21(20)33-24)27-22(30)11-6-15-4-2-1-3-5-15/h1-13H,14H2,(H,27,30)(H,28,31). The number of anilines is 2. The average molecular weight is 514 g/mol. The van der Waals surface area contributed by atoms with E-state index in [2.05, 4.69) is 15.6 Å². The molecule has 3 aromatic carbocycles. The number of hydrogen-bond donors (Lipinski definition) is 2. The van der Waals surface area contributed by atoms with E-state index in [1.54, 1.807) is 24.3 Å². The predicted molar refractivity (Wildman–Crippen MR) is 140 cm³/mol. The Labute approximate surface area is 208 Å². The smallest absolute Gasteiger partial charge is 0.248 e. The molecule has 5 nitrogen and oxygen atoms in total. The van der Waals surface area contributed by atoms with Crippen molar-refractivity contribution in [3.05, 3.63) is 88.4 Å². The van der Waals surface area contributed by atoms with Crippen molar-refractivity contribution in [3.63, 3.8) is 0 Å². The van der Waals surface area contributed by atoms with Crippen molar-refractivity contribution >= 4 is 85.8 Å². The first-order valence-electron chi connectivity index (χ1n) is 9.79. The molecule has 2 N–H and O–H groups in total. The highest BCUT2D eigenvalue weighted by molar-refractivity contribution is 8.01. The summed E-state index contributed by atoms with van der Waals surface area (Å²) in [5.41, 5.74) is 3.03. The van der Waals surface area contributed by atoms with E-state index in [1.807, 2.05) is 48.5 Å². The number of aromatic nitrogens is 1. The predicted octanol–water partition coefficient (Wildman–Crippen LogP) is 6.99. The van der Waals surface area contributed by atoms with Gasteiger partial charge in [-0.2, -0.15) is 0 Å². The molecule has 2 amide bonds. The number of nitrogens with zero attached hydrogens (tertiary/aromatic N) is 1. The molecule has 1 heterocycles. The van der Waals surface area contributed by atoms with Gasteiger partial charge in [-0.1, -0.05) is 65.3 Å². The van der Waals surface area contributed by atoms with Crippen LogP contribution >= 0.6 is 46.3 Å². The van der Waals surface area contributed by atoms with Crippen LogP contribution in [0.5, 0.6) is 0 Å². The van der Waals surface area contributed by atoms with Crippen molar-refractivity contribution in [1.29, 1.82) is 0 Å². The molecule has 0 aliphatic heterocycles. The number of hydrogen-bond acceptors (Lipinski definition) is 5. The molecule has 4 aromatic rings. The SMILES string of the molecule is O=C(C=Cc1ccccc1)Nc1ccc2nc(SCC(=O)Nc3ccc(Cl)c(Cl)c3)sc2c1. The van der Waals surface area contributed by atoms with E-state index in [0.29, 0.717) is 21.4 Å². The Bertz CT molecular complexity index is 1340. The van der Waals surface area contributed by atoms with Crippen molar-refractivity contribution < 1.29 is 9.59 Å². The molecule has 0 saturated carbocycles. The van der Waals surface area contributed by atoms with E-state index >= 15 is 0 Å². The highest BCUT2D eigenvalue weighted by atomic mass is 35.5. The number of carbonyl (C=O) groups is 2. The Morgan fingerprint density at radius 1 is 0.939 bits per heavy atom. The number of fused-ring (bicyclic) bond motifs is 1. The van der Waals surface area contributed by atoms with Crippen molar-refractivity contribution in [1.82, 2.24) is 4.98 Å². The van der Waals surface area contributed by atoms with Gasteiger partial charge in [0.1, 0.15) is 0 Å². The van der Waals surface area contributed by atoms with Crippen LogP contribution in [0.4, 0.5) is 11.4 Å². The van der Waals surface area contributed by atoms with E-state index < -0.39 is 0 Å².